The first-order valence-corrected chi connectivity index (χ1v) is 11.4. The summed E-state index contributed by atoms with van der Waals surface area (Å²) < 4.78 is 0. The van der Waals surface area contributed by atoms with Crippen LogP contribution < -0.4 is 0 Å². The zero-order valence-corrected chi connectivity index (χ0v) is 17.3. The predicted molar refractivity (Wildman–Crippen MR) is 109 cm³/mol. The van der Waals surface area contributed by atoms with Gasteiger partial charge < -0.3 is 10.2 Å². The van der Waals surface area contributed by atoms with Gasteiger partial charge in [0.05, 0.1) is 5.60 Å². The average molecular weight is 383 g/mol. The number of carbonyl (C=O) groups excluding carboxylic acids is 1. The minimum Gasteiger partial charge on any atom is -0.508 e. The van der Waals surface area contributed by atoms with Gasteiger partial charge in [-0.15, -0.1) is 0 Å². The molecule has 0 unspecified atom stereocenters. The third-order valence-electron chi connectivity index (χ3n) is 9.38. The maximum absolute atomic E-state index is 12.3. The fourth-order valence-corrected chi connectivity index (χ4v) is 8.12. The van der Waals surface area contributed by atoms with Crippen molar-refractivity contribution in [2.24, 2.45) is 29.1 Å². The van der Waals surface area contributed by atoms with Crippen LogP contribution in [0.2, 0.25) is 0 Å². The fourth-order valence-electron chi connectivity index (χ4n) is 8.12. The van der Waals surface area contributed by atoms with Crippen LogP contribution in [0.15, 0.2) is 18.2 Å². The van der Waals surface area contributed by atoms with Crippen LogP contribution >= 0.6 is 0 Å². The highest BCUT2D eigenvalue weighted by Crippen LogP contribution is 2.69. The summed E-state index contributed by atoms with van der Waals surface area (Å²) >= 11 is 0. The second-order valence-corrected chi connectivity index (χ2v) is 10.5. The molecule has 7 atom stereocenters. The van der Waals surface area contributed by atoms with Crippen molar-refractivity contribution in [2.45, 2.75) is 83.2 Å². The van der Waals surface area contributed by atoms with E-state index >= 15 is 0 Å². The van der Waals surface area contributed by atoms with Crippen molar-refractivity contribution in [3.63, 3.8) is 0 Å². The summed E-state index contributed by atoms with van der Waals surface area (Å²) in [6.07, 6.45) is 8.55. The smallest absolute Gasteiger partial charge is 0.135 e. The molecule has 5 rings (SSSR count). The number of hydrogen-bond donors (Lipinski definition) is 2. The lowest BCUT2D eigenvalue weighted by Gasteiger charge is -2.56. The molecule has 0 radical (unpaired) electrons. The minimum atomic E-state index is -0.788. The number of aromatic hydroxyl groups is 1. The molecule has 3 heteroatoms. The second kappa shape index (κ2) is 6.32. The Morgan fingerprint density at radius 3 is 2.86 bits per heavy atom. The highest BCUT2D eigenvalue weighted by molar-refractivity contribution is 5.80. The summed E-state index contributed by atoms with van der Waals surface area (Å²) in [7, 11) is 0. The van der Waals surface area contributed by atoms with E-state index in [1.807, 2.05) is 12.1 Å². The summed E-state index contributed by atoms with van der Waals surface area (Å²) in [4.78, 5) is 12.3. The molecule has 0 bridgehead atoms. The van der Waals surface area contributed by atoms with Gasteiger partial charge in [-0.2, -0.15) is 0 Å². The standard InChI is InChI=1S/C25H34O3/c1-3-4-15-11-16-12-18(26)7-8-20(16)21-9-10-24(2)22(23(15)21)13-17-5-6-19(27)14-25(17,24)28/h7-8,12,15,17,21-23,26,28H,3-6,9-11,13-14H2,1-2H3/t15-,17-,21-,22+,23-,24+,25+/m1/s1. The van der Waals surface area contributed by atoms with Crippen LogP contribution in [0.1, 0.15) is 82.3 Å². The first-order valence-electron chi connectivity index (χ1n) is 11.4. The van der Waals surface area contributed by atoms with Crippen LogP contribution in [-0.4, -0.2) is 21.6 Å². The first kappa shape index (κ1) is 18.7. The van der Waals surface area contributed by atoms with Gasteiger partial charge in [-0.1, -0.05) is 32.8 Å². The topological polar surface area (TPSA) is 57.5 Å². The molecule has 3 saturated carbocycles. The Morgan fingerprint density at radius 1 is 1.25 bits per heavy atom. The van der Waals surface area contributed by atoms with E-state index in [4.69, 9.17) is 0 Å². The van der Waals surface area contributed by atoms with Crippen LogP contribution in [0, 0.1) is 29.1 Å². The Balaban J connectivity index is 1.57. The molecular formula is C25H34O3. The first-order chi connectivity index (χ1) is 13.4. The molecule has 3 nitrogen and oxygen atoms in total. The Kier molecular flexibility index (Phi) is 4.21. The number of ketones is 1. The summed E-state index contributed by atoms with van der Waals surface area (Å²) in [5.74, 6) is 3.20. The zero-order valence-electron chi connectivity index (χ0n) is 17.3. The quantitative estimate of drug-likeness (QED) is 0.758. The SMILES string of the molecule is CCC[C@@H]1Cc2cc(O)ccc2[C@H]2CC[C@@]3(C)[C@@H](C[C@H]4CCC(=O)C[C@]43O)[C@H]12. The van der Waals surface area contributed by atoms with E-state index in [0.29, 0.717) is 48.2 Å². The summed E-state index contributed by atoms with van der Waals surface area (Å²) in [6.45, 7) is 4.58. The Hall–Kier alpha value is -1.35. The second-order valence-electron chi connectivity index (χ2n) is 10.5. The zero-order chi connectivity index (χ0) is 19.7. The molecule has 152 valence electrons. The molecule has 1 aromatic carbocycles. The molecule has 0 aliphatic heterocycles. The van der Waals surface area contributed by atoms with E-state index in [0.717, 1.165) is 32.1 Å². The molecule has 4 aliphatic rings. The lowest BCUT2D eigenvalue weighted by Crippen LogP contribution is -2.56. The highest BCUT2D eigenvalue weighted by Gasteiger charge is 2.67. The van der Waals surface area contributed by atoms with Crippen molar-refractivity contribution in [3.8, 4) is 5.75 Å². The fraction of sp³-hybridized carbons (Fsp3) is 0.720. The number of fused-ring (bicyclic) bond motifs is 7. The molecule has 2 N–H and O–H groups in total. The third-order valence-corrected chi connectivity index (χ3v) is 9.38. The van der Waals surface area contributed by atoms with E-state index in [1.165, 1.54) is 24.0 Å². The lowest BCUT2D eigenvalue weighted by atomic mass is 9.49. The van der Waals surface area contributed by atoms with Gasteiger partial charge in [0.25, 0.3) is 0 Å². The monoisotopic (exact) mass is 382 g/mol. The van der Waals surface area contributed by atoms with Crippen LogP contribution in [0.3, 0.4) is 0 Å². The predicted octanol–water partition coefficient (Wildman–Crippen LogP) is 4.98. The highest BCUT2D eigenvalue weighted by atomic mass is 16.3. The van der Waals surface area contributed by atoms with Gasteiger partial charge in [-0.05, 0) is 85.0 Å². The third kappa shape index (κ3) is 2.41. The minimum absolute atomic E-state index is 0.130. The van der Waals surface area contributed by atoms with Gasteiger partial charge in [-0.3, -0.25) is 4.79 Å². The lowest BCUT2D eigenvalue weighted by molar-refractivity contribution is -0.156. The van der Waals surface area contributed by atoms with Gasteiger partial charge in [0.1, 0.15) is 11.5 Å². The maximum Gasteiger partial charge on any atom is 0.135 e. The van der Waals surface area contributed by atoms with Crippen LogP contribution in [-0.2, 0) is 11.2 Å². The van der Waals surface area contributed by atoms with Crippen LogP contribution in [0.4, 0.5) is 0 Å². The van der Waals surface area contributed by atoms with Crippen molar-refractivity contribution in [1.82, 2.24) is 0 Å². The maximum atomic E-state index is 12.3. The van der Waals surface area contributed by atoms with E-state index in [-0.39, 0.29) is 11.2 Å². The summed E-state index contributed by atoms with van der Waals surface area (Å²) in [5, 5.41) is 21.8. The van der Waals surface area contributed by atoms with Crippen molar-refractivity contribution in [2.75, 3.05) is 0 Å². The summed E-state index contributed by atoms with van der Waals surface area (Å²) in [5.41, 5.74) is 1.86. The van der Waals surface area contributed by atoms with Gasteiger partial charge >= 0.3 is 0 Å². The molecule has 0 aromatic heterocycles. The molecule has 0 heterocycles. The van der Waals surface area contributed by atoms with E-state index in [9.17, 15) is 15.0 Å². The number of hydrogen-bond acceptors (Lipinski definition) is 3. The van der Waals surface area contributed by atoms with Gasteiger partial charge in [0.2, 0.25) is 0 Å². The van der Waals surface area contributed by atoms with Crippen molar-refractivity contribution in [3.05, 3.63) is 29.3 Å². The Bertz CT molecular complexity index is 801. The van der Waals surface area contributed by atoms with Gasteiger partial charge in [-0.25, -0.2) is 0 Å². The van der Waals surface area contributed by atoms with Gasteiger partial charge in [0, 0.05) is 18.3 Å². The number of phenols is 1. The molecule has 0 spiro atoms. The largest absolute Gasteiger partial charge is 0.508 e. The number of carbonyl (C=O) groups is 1. The van der Waals surface area contributed by atoms with Crippen molar-refractivity contribution in [1.29, 1.82) is 0 Å². The number of aliphatic hydroxyl groups is 1. The normalized spacial score (nSPS) is 44.4. The van der Waals surface area contributed by atoms with Crippen molar-refractivity contribution >= 4 is 5.78 Å². The molecular weight excluding hydrogens is 348 g/mol. The van der Waals surface area contributed by atoms with Crippen molar-refractivity contribution < 1.29 is 15.0 Å². The van der Waals surface area contributed by atoms with Gasteiger partial charge in [0.15, 0.2) is 0 Å². The van der Waals surface area contributed by atoms with E-state index in [1.54, 1.807) is 0 Å². The molecule has 28 heavy (non-hydrogen) atoms. The number of phenolic OH excluding ortho intramolecular Hbond substituents is 1. The molecule has 4 aliphatic carbocycles. The van der Waals surface area contributed by atoms with E-state index < -0.39 is 5.60 Å². The van der Waals surface area contributed by atoms with Crippen LogP contribution in [0.5, 0.6) is 5.75 Å². The number of rotatable bonds is 2. The summed E-state index contributed by atoms with van der Waals surface area (Å²) in [6, 6.07) is 6.00. The average Bonchev–Trinajstić information content (AvgIpc) is 2.88. The number of Topliss-reactive ketones (excluding diaryl/α,β-unsaturated/α-hetero) is 1. The molecule has 3 fully saturated rings. The Morgan fingerprint density at radius 2 is 2.07 bits per heavy atom. The van der Waals surface area contributed by atoms with Crippen LogP contribution in [0.25, 0.3) is 0 Å². The number of benzene rings is 1. The molecule has 0 saturated heterocycles. The molecule has 1 aromatic rings. The molecule has 0 amide bonds. The Labute approximate surface area is 168 Å². The van der Waals surface area contributed by atoms with E-state index in [2.05, 4.69) is 19.9 Å².